The van der Waals surface area contributed by atoms with Crippen LogP contribution in [0, 0.1) is 0 Å². The first-order valence-corrected chi connectivity index (χ1v) is 6.76. The van der Waals surface area contributed by atoms with Gasteiger partial charge in [-0.25, -0.2) is 0 Å². The third-order valence-corrected chi connectivity index (χ3v) is 3.31. The third-order valence-electron chi connectivity index (χ3n) is 3.31. The van der Waals surface area contributed by atoms with Crippen molar-refractivity contribution in [3.63, 3.8) is 0 Å². The molecule has 1 atom stereocenters. The van der Waals surface area contributed by atoms with Gasteiger partial charge in [0.2, 0.25) is 5.56 Å². The number of likely N-dealkylation sites (N-methyl/N-ethyl adjacent to an activating group) is 1. The Morgan fingerprint density at radius 2 is 1.90 bits per heavy atom. The summed E-state index contributed by atoms with van der Waals surface area (Å²) in [4.78, 5) is 27.6. The molecule has 21 heavy (non-hydrogen) atoms. The lowest BCUT2D eigenvalue weighted by Crippen LogP contribution is -2.34. The van der Waals surface area contributed by atoms with Crippen molar-refractivity contribution in [2.24, 2.45) is 0 Å². The Morgan fingerprint density at radius 3 is 2.48 bits per heavy atom. The summed E-state index contributed by atoms with van der Waals surface area (Å²) in [6.45, 7) is 0.495. The van der Waals surface area contributed by atoms with Crippen LogP contribution in [-0.2, 0) is 0 Å². The fourth-order valence-corrected chi connectivity index (χ4v) is 2.12. The van der Waals surface area contributed by atoms with Gasteiger partial charge in [-0.1, -0.05) is 30.3 Å². The molecule has 1 aromatic carbocycles. The first-order chi connectivity index (χ1) is 10.1. The topological polar surface area (TPSA) is 65.2 Å². The van der Waals surface area contributed by atoms with Crippen LogP contribution in [0.3, 0.4) is 0 Å². The van der Waals surface area contributed by atoms with Crippen LogP contribution < -0.4 is 10.9 Å². The monoisotopic (exact) mass is 285 g/mol. The van der Waals surface area contributed by atoms with Crippen molar-refractivity contribution >= 4 is 5.91 Å². The van der Waals surface area contributed by atoms with Crippen LogP contribution in [0.15, 0.2) is 53.5 Å². The number of nitrogens with zero attached hydrogens (tertiary/aromatic N) is 1. The van der Waals surface area contributed by atoms with E-state index in [1.807, 2.05) is 44.4 Å². The maximum atomic E-state index is 12.1. The summed E-state index contributed by atoms with van der Waals surface area (Å²) in [5, 5.41) is 2.90. The van der Waals surface area contributed by atoms with Gasteiger partial charge < -0.3 is 15.2 Å². The summed E-state index contributed by atoms with van der Waals surface area (Å²) >= 11 is 0. The number of rotatable bonds is 5. The van der Waals surface area contributed by atoms with E-state index >= 15 is 0 Å². The molecule has 0 radical (unpaired) electrons. The van der Waals surface area contributed by atoms with Gasteiger partial charge in [0.1, 0.15) is 0 Å². The number of carbonyl (C=O) groups excluding carboxylic acids is 1. The van der Waals surface area contributed by atoms with Crippen LogP contribution in [0.5, 0.6) is 0 Å². The molecule has 110 valence electrons. The zero-order valence-corrected chi connectivity index (χ0v) is 12.2. The Labute approximate surface area is 123 Å². The molecule has 2 rings (SSSR count). The molecule has 0 bridgehead atoms. The van der Waals surface area contributed by atoms with Crippen molar-refractivity contribution in [3.05, 3.63) is 70.1 Å². The van der Waals surface area contributed by atoms with Crippen LogP contribution in [0.4, 0.5) is 0 Å². The first-order valence-electron chi connectivity index (χ1n) is 6.76. The van der Waals surface area contributed by atoms with Gasteiger partial charge in [-0.2, -0.15) is 0 Å². The molecule has 2 aromatic rings. The SMILES string of the molecule is CN(C)C(CNC(=O)c1ccc(=O)[nH]c1)c1ccccc1. The predicted octanol–water partition coefficient (Wildman–Crippen LogP) is 1.41. The van der Waals surface area contributed by atoms with Crippen LogP contribution in [0.2, 0.25) is 0 Å². The summed E-state index contributed by atoms with van der Waals surface area (Å²) in [7, 11) is 3.95. The molecular formula is C16H19N3O2. The maximum absolute atomic E-state index is 12.1. The molecular weight excluding hydrogens is 266 g/mol. The highest BCUT2D eigenvalue weighted by atomic mass is 16.1. The zero-order valence-electron chi connectivity index (χ0n) is 12.2. The summed E-state index contributed by atoms with van der Waals surface area (Å²) in [6.07, 6.45) is 1.42. The van der Waals surface area contributed by atoms with Crippen LogP contribution in [0.25, 0.3) is 0 Å². The van der Waals surface area contributed by atoms with E-state index in [0.29, 0.717) is 12.1 Å². The fraction of sp³-hybridized carbons (Fsp3) is 0.250. The second-order valence-corrected chi connectivity index (χ2v) is 5.04. The number of pyridine rings is 1. The highest BCUT2D eigenvalue weighted by Gasteiger charge is 2.15. The highest BCUT2D eigenvalue weighted by Crippen LogP contribution is 2.16. The number of nitrogens with one attached hydrogen (secondary N) is 2. The van der Waals surface area contributed by atoms with Gasteiger partial charge in [0.05, 0.1) is 11.6 Å². The van der Waals surface area contributed by atoms with E-state index in [1.54, 1.807) is 0 Å². The van der Waals surface area contributed by atoms with Crippen LogP contribution >= 0.6 is 0 Å². The van der Waals surface area contributed by atoms with Gasteiger partial charge >= 0.3 is 0 Å². The summed E-state index contributed by atoms with van der Waals surface area (Å²) in [6, 6.07) is 13.0. The van der Waals surface area contributed by atoms with Crippen molar-refractivity contribution in [2.75, 3.05) is 20.6 Å². The zero-order chi connectivity index (χ0) is 15.2. The quantitative estimate of drug-likeness (QED) is 0.873. The molecule has 2 N–H and O–H groups in total. The van der Waals surface area contributed by atoms with Crippen molar-refractivity contribution in [1.82, 2.24) is 15.2 Å². The van der Waals surface area contributed by atoms with E-state index in [4.69, 9.17) is 0 Å². The molecule has 0 aliphatic carbocycles. The molecule has 0 aliphatic heterocycles. The Balaban J connectivity index is 2.04. The summed E-state index contributed by atoms with van der Waals surface area (Å²) in [5.74, 6) is -0.200. The lowest BCUT2D eigenvalue weighted by Gasteiger charge is -2.25. The highest BCUT2D eigenvalue weighted by molar-refractivity contribution is 5.93. The van der Waals surface area contributed by atoms with Crippen LogP contribution in [0.1, 0.15) is 22.0 Å². The molecule has 0 fully saturated rings. The summed E-state index contributed by atoms with van der Waals surface area (Å²) in [5.41, 5.74) is 1.37. The maximum Gasteiger partial charge on any atom is 0.252 e. The number of amides is 1. The number of aromatic nitrogens is 1. The number of benzene rings is 1. The Bertz CT molecular complexity index is 630. The number of aromatic amines is 1. The molecule has 0 spiro atoms. The predicted molar refractivity (Wildman–Crippen MR) is 82.3 cm³/mol. The molecule has 1 heterocycles. The van der Waals surface area contributed by atoms with E-state index in [2.05, 4.69) is 15.2 Å². The van der Waals surface area contributed by atoms with E-state index in [9.17, 15) is 9.59 Å². The van der Waals surface area contributed by atoms with E-state index in [0.717, 1.165) is 5.56 Å². The molecule has 1 unspecified atom stereocenters. The molecule has 1 amide bonds. The molecule has 0 saturated heterocycles. The van der Waals surface area contributed by atoms with Gasteiger partial charge in [-0.15, -0.1) is 0 Å². The van der Waals surface area contributed by atoms with E-state index in [1.165, 1.54) is 18.3 Å². The molecule has 0 saturated carbocycles. The smallest absolute Gasteiger partial charge is 0.252 e. The van der Waals surface area contributed by atoms with Crippen molar-refractivity contribution < 1.29 is 4.79 Å². The Hall–Kier alpha value is -2.40. The van der Waals surface area contributed by atoms with Gasteiger partial charge in [0.15, 0.2) is 0 Å². The molecule has 0 aliphatic rings. The van der Waals surface area contributed by atoms with Gasteiger partial charge in [-0.3, -0.25) is 9.59 Å². The minimum absolute atomic E-state index is 0.0953. The van der Waals surface area contributed by atoms with Crippen molar-refractivity contribution in [1.29, 1.82) is 0 Å². The lowest BCUT2D eigenvalue weighted by molar-refractivity contribution is 0.0941. The number of H-pyrrole nitrogens is 1. The largest absolute Gasteiger partial charge is 0.350 e. The third kappa shape index (κ3) is 4.03. The molecule has 5 heteroatoms. The number of hydrogen-bond acceptors (Lipinski definition) is 3. The van der Waals surface area contributed by atoms with Gasteiger partial charge in [-0.05, 0) is 25.7 Å². The van der Waals surface area contributed by atoms with Crippen molar-refractivity contribution in [2.45, 2.75) is 6.04 Å². The number of carbonyl (C=O) groups is 1. The normalized spacial score (nSPS) is 12.1. The minimum atomic E-state index is -0.220. The average Bonchev–Trinajstić information content (AvgIpc) is 2.48. The van der Waals surface area contributed by atoms with Crippen molar-refractivity contribution in [3.8, 4) is 0 Å². The average molecular weight is 285 g/mol. The van der Waals surface area contributed by atoms with Gasteiger partial charge in [0, 0.05) is 18.8 Å². The Morgan fingerprint density at radius 1 is 1.19 bits per heavy atom. The minimum Gasteiger partial charge on any atom is -0.350 e. The molecule has 1 aromatic heterocycles. The second-order valence-electron chi connectivity index (χ2n) is 5.04. The second kappa shape index (κ2) is 6.85. The van der Waals surface area contributed by atoms with Crippen LogP contribution in [-0.4, -0.2) is 36.4 Å². The summed E-state index contributed by atoms with van der Waals surface area (Å²) < 4.78 is 0. The first kappa shape index (κ1) is 15.0. The van der Waals surface area contributed by atoms with Gasteiger partial charge in [0.25, 0.3) is 5.91 Å². The Kier molecular flexibility index (Phi) is 4.90. The number of hydrogen-bond donors (Lipinski definition) is 2. The van der Waals surface area contributed by atoms with E-state index < -0.39 is 0 Å². The standard InChI is InChI=1S/C16H19N3O2/c1-19(2)14(12-6-4-3-5-7-12)11-18-16(21)13-8-9-15(20)17-10-13/h3-10,14H,11H2,1-2H3,(H,17,20)(H,18,21). The van der Waals surface area contributed by atoms with E-state index in [-0.39, 0.29) is 17.5 Å². The lowest BCUT2D eigenvalue weighted by atomic mass is 10.1. The molecule has 5 nitrogen and oxygen atoms in total. The fourth-order valence-electron chi connectivity index (χ4n) is 2.12.